The van der Waals surface area contributed by atoms with Crippen molar-refractivity contribution in [1.82, 2.24) is 4.98 Å². The molecule has 0 aliphatic carbocycles. The third-order valence-electron chi connectivity index (χ3n) is 5.48. The van der Waals surface area contributed by atoms with Gasteiger partial charge in [-0.2, -0.15) is 0 Å². The van der Waals surface area contributed by atoms with Crippen LogP contribution in [0.1, 0.15) is 26.3 Å². The molecule has 0 radical (unpaired) electrons. The predicted molar refractivity (Wildman–Crippen MR) is 108 cm³/mol. The lowest BCUT2D eigenvalue weighted by molar-refractivity contribution is -0.214. The molecule has 5 nitrogen and oxygen atoms in total. The van der Waals surface area contributed by atoms with Gasteiger partial charge in [0, 0.05) is 22.7 Å². The monoisotopic (exact) mass is 455 g/mol. The molecule has 0 spiro atoms. The maximum Gasteiger partial charge on any atom is 0.304 e. The minimum Gasteiger partial charge on any atom is -0.436 e. The van der Waals surface area contributed by atoms with Crippen molar-refractivity contribution in [2.75, 3.05) is 6.61 Å². The number of oxazole rings is 1. The Hall–Kier alpha value is -2.65. The normalized spacial score (nSPS) is 22.9. The Labute approximate surface area is 179 Å². The number of aliphatic imine (C=N–C) groups is 1. The SMILES string of the molecule is CC1(C)OCC(N)=N[C@](C)(c2cc(-c3nc4ccc(Cl)cc4o3)c(F)cc2F)C1(F)F. The topological polar surface area (TPSA) is 73.6 Å². The van der Waals surface area contributed by atoms with Crippen molar-refractivity contribution in [3.63, 3.8) is 0 Å². The minimum absolute atomic E-state index is 0.219. The Kier molecular flexibility index (Phi) is 4.82. The van der Waals surface area contributed by atoms with E-state index in [9.17, 15) is 8.78 Å². The molecule has 4 rings (SSSR count). The van der Waals surface area contributed by atoms with Crippen molar-refractivity contribution in [3.05, 3.63) is 52.6 Å². The molecule has 3 aromatic rings. The zero-order chi connectivity index (χ0) is 22.8. The summed E-state index contributed by atoms with van der Waals surface area (Å²) in [6.45, 7) is 2.99. The summed E-state index contributed by atoms with van der Waals surface area (Å²) in [4.78, 5) is 8.06. The van der Waals surface area contributed by atoms with Crippen LogP contribution in [0, 0.1) is 11.6 Å². The van der Waals surface area contributed by atoms with E-state index >= 15 is 8.78 Å². The van der Waals surface area contributed by atoms with Gasteiger partial charge in [-0.25, -0.2) is 22.5 Å². The maximum atomic E-state index is 15.6. The number of amidine groups is 1. The quantitative estimate of drug-likeness (QED) is 0.522. The second kappa shape index (κ2) is 6.93. The van der Waals surface area contributed by atoms with Crippen molar-refractivity contribution in [2.24, 2.45) is 10.7 Å². The van der Waals surface area contributed by atoms with E-state index in [-0.39, 0.29) is 29.5 Å². The largest absolute Gasteiger partial charge is 0.436 e. The summed E-state index contributed by atoms with van der Waals surface area (Å²) in [7, 11) is 0. The third-order valence-corrected chi connectivity index (χ3v) is 5.71. The van der Waals surface area contributed by atoms with Crippen LogP contribution in [-0.4, -0.2) is 29.0 Å². The average Bonchev–Trinajstić information content (AvgIpc) is 3.06. The van der Waals surface area contributed by atoms with Crippen LogP contribution in [0.3, 0.4) is 0 Å². The van der Waals surface area contributed by atoms with Gasteiger partial charge in [0.05, 0.1) is 5.56 Å². The first-order chi connectivity index (χ1) is 14.4. The van der Waals surface area contributed by atoms with E-state index in [1.54, 1.807) is 12.1 Å². The van der Waals surface area contributed by atoms with E-state index < -0.39 is 34.3 Å². The molecule has 0 fully saturated rings. The fourth-order valence-electron chi connectivity index (χ4n) is 3.65. The molecule has 0 bridgehead atoms. The van der Waals surface area contributed by atoms with Crippen LogP contribution >= 0.6 is 11.6 Å². The Morgan fingerprint density at radius 3 is 2.48 bits per heavy atom. The van der Waals surface area contributed by atoms with Gasteiger partial charge >= 0.3 is 5.92 Å². The first-order valence-electron chi connectivity index (χ1n) is 9.28. The lowest BCUT2D eigenvalue weighted by Gasteiger charge is -2.42. The van der Waals surface area contributed by atoms with Crippen molar-refractivity contribution >= 4 is 28.5 Å². The molecule has 0 amide bonds. The second-order valence-electron chi connectivity index (χ2n) is 7.99. The number of halogens is 5. The lowest BCUT2D eigenvalue weighted by atomic mass is 9.77. The first-order valence-corrected chi connectivity index (χ1v) is 9.65. The lowest BCUT2D eigenvalue weighted by Crippen LogP contribution is -2.56. The number of nitrogens with zero attached hydrogens (tertiary/aromatic N) is 2. The van der Waals surface area contributed by atoms with E-state index in [1.807, 2.05) is 0 Å². The Bertz CT molecular complexity index is 1220. The number of fused-ring (bicyclic) bond motifs is 1. The fraction of sp³-hybridized carbons (Fsp3) is 0.333. The van der Waals surface area contributed by atoms with Crippen LogP contribution in [-0.2, 0) is 10.3 Å². The summed E-state index contributed by atoms with van der Waals surface area (Å²) in [5.74, 6) is -6.42. The van der Waals surface area contributed by atoms with Gasteiger partial charge in [-0.3, -0.25) is 4.99 Å². The molecule has 0 saturated heterocycles. The minimum atomic E-state index is -3.72. The summed E-state index contributed by atoms with van der Waals surface area (Å²) in [6, 6.07) is 6.01. The van der Waals surface area contributed by atoms with Crippen molar-refractivity contribution in [2.45, 2.75) is 37.8 Å². The predicted octanol–water partition coefficient (Wildman–Crippen LogP) is 5.44. The standard InChI is InChI=1S/C21H18ClF4N3O2/c1-19(2)21(25,26)20(3,29-17(27)9-30-19)12-7-11(13(23)8-14(12)24)18-28-15-5-4-10(22)6-16(15)31-18/h4-8H,9H2,1-3H3,(H2,27,29)/t20-/m1/s1. The van der Waals surface area contributed by atoms with Crippen LogP contribution in [0.25, 0.3) is 22.6 Å². The van der Waals surface area contributed by atoms with E-state index in [1.165, 1.54) is 6.07 Å². The van der Waals surface area contributed by atoms with Crippen molar-refractivity contribution < 1.29 is 26.7 Å². The number of benzene rings is 2. The molecule has 0 saturated carbocycles. The molecule has 164 valence electrons. The summed E-state index contributed by atoms with van der Waals surface area (Å²) >= 11 is 5.93. The Balaban J connectivity index is 1.95. The highest BCUT2D eigenvalue weighted by molar-refractivity contribution is 6.31. The zero-order valence-corrected chi connectivity index (χ0v) is 17.5. The molecular weight excluding hydrogens is 438 g/mol. The molecule has 1 aliphatic rings. The van der Waals surface area contributed by atoms with Crippen LogP contribution in [0.4, 0.5) is 17.6 Å². The van der Waals surface area contributed by atoms with Gasteiger partial charge in [-0.15, -0.1) is 0 Å². The molecule has 2 heterocycles. The Morgan fingerprint density at radius 2 is 1.77 bits per heavy atom. The first kappa shape index (κ1) is 21.6. The highest BCUT2D eigenvalue weighted by Crippen LogP contribution is 2.51. The molecule has 1 aromatic heterocycles. The maximum absolute atomic E-state index is 15.6. The number of rotatable bonds is 2. The van der Waals surface area contributed by atoms with E-state index in [0.717, 1.165) is 26.8 Å². The van der Waals surface area contributed by atoms with Gasteiger partial charge in [0.1, 0.15) is 35.2 Å². The van der Waals surface area contributed by atoms with Crippen molar-refractivity contribution in [3.8, 4) is 11.5 Å². The number of alkyl halides is 2. The molecule has 10 heteroatoms. The summed E-state index contributed by atoms with van der Waals surface area (Å²) in [5, 5.41) is 0.369. The van der Waals surface area contributed by atoms with E-state index in [2.05, 4.69) is 9.98 Å². The average molecular weight is 456 g/mol. The Morgan fingerprint density at radius 1 is 1.06 bits per heavy atom. The smallest absolute Gasteiger partial charge is 0.304 e. The van der Waals surface area contributed by atoms with Gasteiger partial charge < -0.3 is 14.9 Å². The van der Waals surface area contributed by atoms with Gasteiger partial charge in [-0.1, -0.05) is 11.6 Å². The number of hydrogen-bond donors (Lipinski definition) is 1. The van der Waals surface area contributed by atoms with Gasteiger partial charge in [0.2, 0.25) is 5.89 Å². The highest BCUT2D eigenvalue weighted by atomic mass is 35.5. The van der Waals surface area contributed by atoms with E-state index in [0.29, 0.717) is 16.6 Å². The second-order valence-corrected chi connectivity index (χ2v) is 8.43. The molecule has 31 heavy (non-hydrogen) atoms. The van der Waals surface area contributed by atoms with E-state index in [4.69, 9.17) is 26.5 Å². The highest BCUT2D eigenvalue weighted by Gasteiger charge is 2.64. The molecule has 2 aromatic carbocycles. The number of aromatic nitrogens is 1. The fourth-order valence-corrected chi connectivity index (χ4v) is 3.81. The molecule has 2 N–H and O–H groups in total. The van der Waals surface area contributed by atoms with Crippen LogP contribution in [0.5, 0.6) is 0 Å². The van der Waals surface area contributed by atoms with Crippen molar-refractivity contribution in [1.29, 1.82) is 0 Å². The van der Waals surface area contributed by atoms with Gasteiger partial charge in [-0.05, 0) is 39.0 Å². The number of ether oxygens (including phenoxy) is 1. The number of hydrogen-bond acceptors (Lipinski definition) is 5. The molecule has 1 aliphatic heterocycles. The molecule has 1 atom stereocenters. The van der Waals surface area contributed by atoms with Gasteiger partial charge in [0.15, 0.2) is 11.1 Å². The summed E-state index contributed by atoms with van der Waals surface area (Å²) < 4.78 is 71.5. The van der Waals surface area contributed by atoms with Gasteiger partial charge in [0.25, 0.3) is 0 Å². The zero-order valence-electron chi connectivity index (χ0n) is 16.8. The summed E-state index contributed by atoms with van der Waals surface area (Å²) in [6.07, 6.45) is 0. The number of nitrogens with two attached hydrogens (primary N) is 1. The van der Waals surface area contributed by atoms with Crippen LogP contribution < -0.4 is 5.73 Å². The van der Waals surface area contributed by atoms with Crippen LogP contribution in [0.15, 0.2) is 39.7 Å². The molecule has 0 unspecified atom stereocenters. The third kappa shape index (κ3) is 3.27. The summed E-state index contributed by atoms with van der Waals surface area (Å²) in [5.41, 5.74) is 0.955. The molecular formula is C21H18ClF4N3O2. The van der Waals surface area contributed by atoms with Crippen LogP contribution in [0.2, 0.25) is 5.02 Å².